The van der Waals surface area contributed by atoms with Gasteiger partial charge < -0.3 is 16.8 Å². The summed E-state index contributed by atoms with van der Waals surface area (Å²) in [6.07, 6.45) is 3.59. The summed E-state index contributed by atoms with van der Waals surface area (Å²) in [5, 5.41) is 2.47. The number of amides is 1. The Labute approximate surface area is 138 Å². The van der Waals surface area contributed by atoms with Crippen LogP contribution in [0.25, 0.3) is 0 Å². The van der Waals surface area contributed by atoms with E-state index in [4.69, 9.17) is 11.5 Å². The Hall–Kier alpha value is -2.96. The summed E-state index contributed by atoms with van der Waals surface area (Å²) in [5.74, 6) is -3.32. The highest BCUT2D eigenvalue weighted by Gasteiger charge is 2.17. The van der Waals surface area contributed by atoms with E-state index >= 15 is 0 Å². The molecule has 1 aromatic carbocycles. The summed E-state index contributed by atoms with van der Waals surface area (Å²) in [4.78, 5) is 11.6. The van der Waals surface area contributed by atoms with Gasteiger partial charge in [-0.25, -0.2) is 13.2 Å². The zero-order valence-corrected chi connectivity index (χ0v) is 13.1. The lowest BCUT2D eigenvalue weighted by atomic mass is 10.1. The topological polar surface area (TPSA) is 81.1 Å². The molecule has 1 aromatic rings. The number of benzene rings is 1. The summed E-state index contributed by atoms with van der Waals surface area (Å²) in [7, 11) is 0. The number of nitrogens with two attached hydrogens (primary N) is 2. The summed E-state index contributed by atoms with van der Waals surface area (Å²) < 4.78 is 41.2. The lowest BCUT2D eigenvalue weighted by molar-refractivity contribution is -0.115. The van der Waals surface area contributed by atoms with Crippen LogP contribution in [0.5, 0.6) is 0 Å². The zero-order chi connectivity index (χ0) is 18.3. The van der Waals surface area contributed by atoms with Gasteiger partial charge in [0.1, 0.15) is 23.2 Å². The maximum absolute atomic E-state index is 13.9. The minimum Gasteiger partial charge on any atom is -0.396 e. The summed E-state index contributed by atoms with van der Waals surface area (Å²) >= 11 is 0. The van der Waals surface area contributed by atoms with Crippen molar-refractivity contribution in [3.05, 3.63) is 83.0 Å². The van der Waals surface area contributed by atoms with Crippen LogP contribution in [0.1, 0.15) is 12.5 Å². The molecule has 0 bridgehead atoms. The maximum atomic E-state index is 13.9. The Morgan fingerprint density at radius 1 is 1.29 bits per heavy atom. The Balaban J connectivity index is 3.21. The highest BCUT2D eigenvalue weighted by molar-refractivity contribution is 5.93. The molecule has 4 nitrogen and oxygen atoms in total. The second-order valence-corrected chi connectivity index (χ2v) is 4.66. The van der Waals surface area contributed by atoms with Crippen LogP contribution in [0.3, 0.4) is 0 Å². The van der Waals surface area contributed by atoms with Crippen molar-refractivity contribution in [3.8, 4) is 0 Å². The number of hydrogen-bond donors (Lipinski definition) is 3. The molecule has 5 N–H and O–H groups in total. The third-order valence-corrected chi connectivity index (χ3v) is 3.12. The third-order valence-electron chi connectivity index (χ3n) is 3.12. The molecule has 0 aromatic heterocycles. The van der Waals surface area contributed by atoms with Gasteiger partial charge in [-0.3, -0.25) is 4.79 Å². The lowest BCUT2D eigenvalue weighted by Crippen LogP contribution is -2.30. The average Bonchev–Trinajstić information content (AvgIpc) is 2.50. The molecule has 24 heavy (non-hydrogen) atoms. The predicted octanol–water partition coefficient (Wildman–Crippen LogP) is 2.70. The number of allylic oxidation sites excluding steroid dienone is 4. The second kappa shape index (κ2) is 8.61. The van der Waals surface area contributed by atoms with Crippen LogP contribution in [0.15, 0.2) is 65.8 Å². The first kappa shape index (κ1) is 19.1. The van der Waals surface area contributed by atoms with Gasteiger partial charge in [0.15, 0.2) is 0 Å². The number of primary amides is 1. The quantitative estimate of drug-likeness (QED) is 0.528. The molecular formula is C17H18F3N3O. The molecule has 0 spiro atoms. The highest BCUT2D eigenvalue weighted by Crippen LogP contribution is 2.20. The predicted molar refractivity (Wildman–Crippen MR) is 86.8 cm³/mol. The van der Waals surface area contributed by atoms with Gasteiger partial charge in [-0.15, -0.1) is 0 Å². The highest BCUT2D eigenvalue weighted by atomic mass is 19.1. The molecule has 0 fully saturated rings. The van der Waals surface area contributed by atoms with E-state index in [0.717, 1.165) is 18.2 Å². The largest absolute Gasteiger partial charge is 0.396 e. The molecule has 0 radical (unpaired) electrons. The van der Waals surface area contributed by atoms with Crippen molar-refractivity contribution in [1.82, 2.24) is 5.32 Å². The number of halogens is 3. The first-order chi connectivity index (χ1) is 11.3. The molecule has 0 saturated heterocycles. The molecular weight excluding hydrogens is 319 g/mol. The van der Waals surface area contributed by atoms with E-state index in [0.29, 0.717) is 0 Å². The van der Waals surface area contributed by atoms with E-state index in [2.05, 4.69) is 11.9 Å². The molecule has 1 amide bonds. The van der Waals surface area contributed by atoms with Crippen LogP contribution >= 0.6 is 0 Å². The minimum absolute atomic E-state index is 0.0924. The van der Waals surface area contributed by atoms with E-state index in [1.807, 2.05) is 0 Å². The van der Waals surface area contributed by atoms with Crippen LogP contribution < -0.4 is 16.8 Å². The van der Waals surface area contributed by atoms with E-state index in [1.165, 1.54) is 25.1 Å². The van der Waals surface area contributed by atoms with Gasteiger partial charge in [0.25, 0.3) is 5.91 Å². The fourth-order valence-corrected chi connectivity index (χ4v) is 1.94. The summed E-state index contributed by atoms with van der Waals surface area (Å²) in [6.45, 7) is 4.48. The molecule has 0 aliphatic rings. The van der Waals surface area contributed by atoms with Crippen LogP contribution in [0, 0.1) is 11.6 Å². The van der Waals surface area contributed by atoms with Gasteiger partial charge in [-0.2, -0.15) is 0 Å². The summed E-state index contributed by atoms with van der Waals surface area (Å²) in [5.41, 5.74) is 10.00. The van der Waals surface area contributed by atoms with Crippen molar-refractivity contribution >= 4 is 5.91 Å². The van der Waals surface area contributed by atoms with Gasteiger partial charge in [0.05, 0.1) is 5.70 Å². The zero-order valence-electron chi connectivity index (χ0n) is 13.1. The lowest BCUT2D eigenvalue weighted by Gasteiger charge is -2.14. The van der Waals surface area contributed by atoms with E-state index in [9.17, 15) is 18.0 Å². The van der Waals surface area contributed by atoms with Crippen molar-refractivity contribution in [2.45, 2.75) is 13.5 Å². The number of carbonyl (C=O) groups is 1. The second-order valence-electron chi connectivity index (χ2n) is 4.66. The molecule has 0 aliphatic heterocycles. The fourth-order valence-electron chi connectivity index (χ4n) is 1.94. The molecule has 1 rings (SSSR count). The van der Waals surface area contributed by atoms with Gasteiger partial charge >= 0.3 is 0 Å². The average molecular weight is 337 g/mol. The van der Waals surface area contributed by atoms with Crippen molar-refractivity contribution < 1.29 is 18.0 Å². The first-order valence-corrected chi connectivity index (χ1v) is 6.95. The Kier molecular flexibility index (Phi) is 6.85. The Morgan fingerprint density at radius 2 is 1.88 bits per heavy atom. The van der Waals surface area contributed by atoms with Gasteiger partial charge in [0.2, 0.25) is 0 Å². The number of nitrogens with one attached hydrogen (secondary N) is 1. The van der Waals surface area contributed by atoms with Crippen molar-refractivity contribution in [2.75, 3.05) is 0 Å². The fraction of sp³-hybridized carbons (Fsp3) is 0.118. The van der Waals surface area contributed by atoms with Gasteiger partial charge in [-0.1, -0.05) is 24.8 Å². The normalized spacial score (nSPS) is 13.3. The van der Waals surface area contributed by atoms with E-state index < -0.39 is 23.4 Å². The summed E-state index contributed by atoms with van der Waals surface area (Å²) in [6, 6.07) is 3.35. The molecule has 0 heterocycles. The maximum Gasteiger partial charge on any atom is 0.266 e. The van der Waals surface area contributed by atoms with Crippen LogP contribution in [-0.4, -0.2) is 5.91 Å². The van der Waals surface area contributed by atoms with Gasteiger partial charge in [-0.05, 0) is 25.1 Å². The standard InChI is InChI=1S/C17H18F3N3O/c1-3-6-12(18)10(4-2)15(21)16(17(22)24)23-9-11-13(19)7-5-8-14(11)20/h3-8,23H,1,9,21H2,2H3,(H2,22,24)/b10-4+,12-6+,16-15-. The Morgan fingerprint density at radius 3 is 2.33 bits per heavy atom. The number of carbonyl (C=O) groups excluding carboxylic acids is 1. The SMILES string of the molecule is C=C\C=C(F)/C(=C\C)C(/N)=C(/NCc1c(F)cccc1F)C(N)=O. The van der Waals surface area contributed by atoms with Gasteiger partial charge in [0, 0.05) is 17.7 Å². The molecule has 0 saturated carbocycles. The van der Waals surface area contributed by atoms with Crippen LogP contribution in [0.2, 0.25) is 0 Å². The first-order valence-electron chi connectivity index (χ1n) is 6.95. The molecule has 128 valence electrons. The van der Waals surface area contributed by atoms with E-state index in [1.54, 1.807) is 0 Å². The molecule has 0 atom stereocenters. The Bertz CT molecular complexity index is 716. The molecule has 7 heteroatoms. The third kappa shape index (κ3) is 4.52. The molecule has 0 aliphatic carbocycles. The van der Waals surface area contributed by atoms with Crippen LogP contribution in [0.4, 0.5) is 13.2 Å². The molecule has 0 unspecified atom stereocenters. The minimum atomic E-state index is -0.991. The van der Waals surface area contributed by atoms with Crippen molar-refractivity contribution in [2.24, 2.45) is 11.5 Å². The number of rotatable bonds is 7. The smallest absolute Gasteiger partial charge is 0.266 e. The number of hydrogen-bond acceptors (Lipinski definition) is 3. The monoisotopic (exact) mass is 337 g/mol. The van der Waals surface area contributed by atoms with Crippen molar-refractivity contribution in [1.29, 1.82) is 0 Å². The van der Waals surface area contributed by atoms with E-state index in [-0.39, 0.29) is 29.1 Å². The van der Waals surface area contributed by atoms with Crippen molar-refractivity contribution in [3.63, 3.8) is 0 Å². The van der Waals surface area contributed by atoms with Crippen LogP contribution in [-0.2, 0) is 11.3 Å².